The molecule has 0 saturated carbocycles. The smallest absolute Gasteiger partial charge is 0.184 e. The fraction of sp³-hybridized carbons (Fsp3) is 0.233. The maximum atomic E-state index is 9.44. The lowest BCUT2D eigenvalue weighted by Crippen LogP contribution is -2.31. The molecule has 3 N–H and O–H groups in total. The van der Waals surface area contributed by atoms with Crippen molar-refractivity contribution >= 4 is 11.8 Å². The van der Waals surface area contributed by atoms with Crippen LogP contribution in [0.25, 0.3) is 11.1 Å². The number of aromatic nitrogens is 1. The van der Waals surface area contributed by atoms with E-state index in [9.17, 15) is 5.11 Å². The number of aliphatic hydroxyl groups excluding tert-OH is 1. The molecule has 0 spiro atoms. The third kappa shape index (κ3) is 6.03. The van der Waals surface area contributed by atoms with Crippen molar-refractivity contribution < 1.29 is 14.6 Å². The highest BCUT2D eigenvalue weighted by Gasteiger charge is 2.32. The van der Waals surface area contributed by atoms with Gasteiger partial charge in [0, 0.05) is 30.5 Å². The Bertz CT molecular complexity index is 1270. The van der Waals surface area contributed by atoms with E-state index in [2.05, 4.69) is 35.3 Å². The third-order valence-corrected chi connectivity index (χ3v) is 7.40. The molecule has 1 aliphatic heterocycles. The molecule has 4 aromatic rings. The molecule has 1 aliphatic rings. The molecule has 0 bridgehead atoms. The Morgan fingerprint density at radius 1 is 0.833 bits per heavy atom. The van der Waals surface area contributed by atoms with Crippen LogP contribution in [0.2, 0.25) is 0 Å². The van der Waals surface area contributed by atoms with E-state index in [1.165, 1.54) is 0 Å². The van der Waals surface area contributed by atoms with E-state index in [4.69, 9.17) is 15.2 Å². The summed E-state index contributed by atoms with van der Waals surface area (Å²) in [7, 11) is 0. The van der Waals surface area contributed by atoms with Crippen molar-refractivity contribution in [1.82, 2.24) is 4.98 Å². The predicted molar refractivity (Wildman–Crippen MR) is 143 cm³/mol. The second-order valence-corrected chi connectivity index (χ2v) is 9.90. The van der Waals surface area contributed by atoms with Gasteiger partial charge in [-0.25, -0.2) is 4.98 Å². The Balaban J connectivity index is 1.40. The van der Waals surface area contributed by atoms with Crippen LogP contribution in [0.1, 0.15) is 41.1 Å². The normalized spacial score (nSPS) is 19.8. The molecule has 2 heterocycles. The Kier molecular flexibility index (Phi) is 8.11. The molecule has 1 aromatic heterocycles. The molecule has 3 aromatic carbocycles. The first kappa shape index (κ1) is 24.7. The number of aliphatic hydroxyl groups is 1. The average molecular weight is 499 g/mol. The minimum absolute atomic E-state index is 0.0116. The number of nitrogens with two attached hydrogens (primary N) is 1. The van der Waals surface area contributed by atoms with Crippen LogP contribution in [0, 0.1) is 0 Å². The number of rotatable bonds is 8. The van der Waals surface area contributed by atoms with Crippen LogP contribution in [0.15, 0.2) is 102 Å². The first-order valence-electron chi connectivity index (χ1n) is 12.2. The zero-order chi connectivity index (χ0) is 24.7. The number of thioether (sulfide) groups is 1. The second-order valence-electron chi connectivity index (χ2n) is 8.86. The van der Waals surface area contributed by atoms with Gasteiger partial charge in [-0.15, -0.1) is 11.8 Å². The molecule has 3 atom stereocenters. The number of nitrogens with zero attached hydrogens (tertiary/aromatic N) is 1. The molecule has 0 unspecified atom stereocenters. The Hall–Kier alpha value is -3.00. The minimum atomic E-state index is -0.492. The first-order chi connectivity index (χ1) is 17.7. The average Bonchev–Trinajstić information content (AvgIpc) is 2.96. The largest absolute Gasteiger partial charge is 0.392 e. The summed E-state index contributed by atoms with van der Waals surface area (Å²) in [5, 5.41) is 10.4. The highest BCUT2D eigenvalue weighted by atomic mass is 32.2. The van der Waals surface area contributed by atoms with Gasteiger partial charge in [0.15, 0.2) is 6.29 Å². The minimum Gasteiger partial charge on any atom is -0.392 e. The summed E-state index contributed by atoms with van der Waals surface area (Å²) in [6.45, 7) is 0.535. The molecule has 0 radical (unpaired) electrons. The van der Waals surface area contributed by atoms with Crippen molar-refractivity contribution in [1.29, 1.82) is 0 Å². The van der Waals surface area contributed by atoms with E-state index in [1.807, 2.05) is 66.9 Å². The van der Waals surface area contributed by atoms with Crippen molar-refractivity contribution in [3.05, 3.63) is 119 Å². The van der Waals surface area contributed by atoms with Gasteiger partial charge < -0.3 is 20.3 Å². The highest BCUT2D eigenvalue weighted by Crippen LogP contribution is 2.40. The summed E-state index contributed by atoms with van der Waals surface area (Å²) < 4.78 is 13.0. The second kappa shape index (κ2) is 11.8. The molecule has 6 heteroatoms. The molecule has 0 amide bonds. The molecule has 1 saturated heterocycles. The van der Waals surface area contributed by atoms with E-state index in [-0.39, 0.29) is 18.8 Å². The van der Waals surface area contributed by atoms with Crippen molar-refractivity contribution in [2.45, 2.75) is 43.1 Å². The van der Waals surface area contributed by atoms with Crippen LogP contribution in [0.3, 0.4) is 0 Å². The summed E-state index contributed by atoms with van der Waals surface area (Å²) in [5.41, 5.74) is 12.1. The Morgan fingerprint density at radius 3 is 2.39 bits per heavy atom. The van der Waals surface area contributed by atoms with Gasteiger partial charge in [0.1, 0.15) is 0 Å². The number of pyridine rings is 1. The van der Waals surface area contributed by atoms with Gasteiger partial charge in [0.2, 0.25) is 0 Å². The molecule has 0 aliphatic carbocycles. The Labute approximate surface area is 216 Å². The summed E-state index contributed by atoms with van der Waals surface area (Å²) in [6.07, 6.45) is 1.94. The first-order valence-corrected chi connectivity index (χ1v) is 13.1. The van der Waals surface area contributed by atoms with E-state index in [0.717, 1.165) is 50.6 Å². The fourth-order valence-corrected chi connectivity index (χ4v) is 5.26. The predicted octanol–water partition coefficient (Wildman–Crippen LogP) is 6.04. The van der Waals surface area contributed by atoms with E-state index in [0.29, 0.717) is 6.54 Å². The molecular weight excluding hydrogens is 468 g/mol. The van der Waals surface area contributed by atoms with Crippen molar-refractivity contribution in [3.8, 4) is 11.1 Å². The Morgan fingerprint density at radius 2 is 1.64 bits per heavy atom. The molecule has 5 nitrogen and oxygen atoms in total. The fourth-order valence-electron chi connectivity index (χ4n) is 4.38. The number of hydrogen-bond donors (Lipinski definition) is 2. The number of benzene rings is 3. The van der Waals surface area contributed by atoms with Gasteiger partial charge in [0.05, 0.1) is 23.8 Å². The zero-order valence-electron chi connectivity index (χ0n) is 20.0. The lowest BCUT2D eigenvalue weighted by molar-refractivity contribution is -0.245. The van der Waals surface area contributed by atoms with E-state index >= 15 is 0 Å². The summed E-state index contributed by atoms with van der Waals surface area (Å²) in [5.74, 6) is 0.778. The third-order valence-electron chi connectivity index (χ3n) is 6.32. The van der Waals surface area contributed by atoms with E-state index < -0.39 is 6.29 Å². The SMILES string of the molecule is NCc1cccc(-c2cccc([C@H]3O[C@@H](CSc4ccccn4)C[C@@H](c4ccc(CO)cc4)O3)c2)c1. The van der Waals surface area contributed by atoms with Crippen LogP contribution in [-0.2, 0) is 22.6 Å². The van der Waals surface area contributed by atoms with Crippen LogP contribution in [0.5, 0.6) is 0 Å². The van der Waals surface area contributed by atoms with Crippen LogP contribution >= 0.6 is 11.8 Å². The lowest BCUT2D eigenvalue weighted by atomic mass is 9.99. The van der Waals surface area contributed by atoms with E-state index in [1.54, 1.807) is 11.8 Å². The zero-order valence-corrected chi connectivity index (χ0v) is 20.8. The maximum absolute atomic E-state index is 9.44. The van der Waals surface area contributed by atoms with Gasteiger partial charge in [-0.3, -0.25) is 0 Å². The van der Waals surface area contributed by atoms with Gasteiger partial charge >= 0.3 is 0 Å². The molecular formula is C30H30N2O3S. The highest BCUT2D eigenvalue weighted by molar-refractivity contribution is 7.99. The summed E-state index contributed by atoms with van der Waals surface area (Å²) >= 11 is 1.70. The summed E-state index contributed by atoms with van der Waals surface area (Å²) in [4.78, 5) is 4.44. The molecule has 1 fully saturated rings. The molecule has 5 rings (SSSR count). The van der Waals surface area contributed by atoms with Crippen LogP contribution in [-0.4, -0.2) is 21.9 Å². The monoisotopic (exact) mass is 498 g/mol. The van der Waals surface area contributed by atoms with Crippen molar-refractivity contribution in [3.63, 3.8) is 0 Å². The maximum Gasteiger partial charge on any atom is 0.184 e. The van der Waals surface area contributed by atoms with Crippen molar-refractivity contribution in [2.24, 2.45) is 5.73 Å². The standard InChI is InChI=1S/C30H30N2O3S/c31-18-22-5-3-6-24(15-22)25-7-4-8-26(16-25)30-34-27(20-36-29-9-1-2-14-32-29)17-28(35-30)23-12-10-21(19-33)11-13-23/h1-16,27-28,30,33H,17-20,31H2/t27-,28+,30+/m1/s1. The van der Waals surface area contributed by atoms with Gasteiger partial charge in [0.25, 0.3) is 0 Å². The number of ether oxygens (including phenoxy) is 2. The lowest BCUT2D eigenvalue weighted by Gasteiger charge is -2.36. The number of hydrogen-bond acceptors (Lipinski definition) is 6. The quantitative estimate of drug-likeness (QED) is 0.289. The van der Waals surface area contributed by atoms with Crippen LogP contribution in [0.4, 0.5) is 0 Å². The molecule has 184 valence electrons. The molecule has 36 heavy (non-hydrogen) atoms. The van der Waals surface area contributed by atoms with Crippen molar-refractivity contribution in [2.75, 3.05) is 5.75 Å². The van der Waals surface area contributed by atoms with Gasteiger partial charge in [-0.2, -0.15) is 0 Å². The van der Waals surface area contributed by atoms with Crippen LogP contribution < -0.4 is 5.73 Å². The van der Waals surface area contributed by atoms with Gasteiger partial charge in [-0.05, 0) is 52.1 Å². The summed E-state index contributed by atoms with van der Waals surface area (Å²) in [6, 6.07) is 30.6. The topological polar surface area (TPSA) is 77.6 Å². The van der Waals surface area contributed by atoms with Gasteiger partial charge in [-0.1, -0.05) is 66.7 Å².